The standard InChI is InChI=1S/C31H29FN6O5S/c1-43-27-18-22(30(40)33-15-16-44(2,41)42)7-13-26(27)35-31-36-28-14-8-23(19-38(28)37-31)21-5-11-25(12-6-21)34-29(39)17-20-3-9-24(32)10-4-20/h3-14,18-19H,15-17H2,1-2H3,(H,33,40)(H,34,39)(H,35,37). The SMILES string of the molecule is COc1cc(C(=O)NCCS(C)(=O)=O)ccc1Nc1nc2ccc(-c3ccc(NC(=O)Cc4ccc(F)cc4)cc3)cn2n1. The number of aromatic nitrogens is 3. The number of hydrogen-bond acceptors (Lipinski definition) is 8. The molecule has 0 saturated carbocycles. The summed E-state index contributed by atoms with van der Waals surface area (Å²) in [7, 11) is -1.72. The zero-order valence-electron chi connectivity index (χ0n) is 23.9. The van der Waals surface area contributed by atoms with E-state index in [4.69, 9.17) is 4.74 Å². The van der Waals surface area contributed by atoms with Crippen LogP contribution in [0.15, 0.2) is 85.1 Å². The van der Waals surface area contributed by atoms with Crippen LogP contribution in [-0.2, 0) is 21.1 Å². The van der Waals surface area contributed by atoms with Crippen molar-refractivity contribution < 1.29 is 27.1 Å². The van der Waals surface area contributed by atoms with Crippen molar-refractivity contribution in [2.24, 2.45) is 0 Å². The summed E-state index contributed by atoms with van der Waals surface area (Å²) < 4.78 is 42.8. The van der Waals surface area contributed by atoms with Crippen molar-refractivity contribution in [1.82, 2.24) is 19.9 Å². The molecule has 0 unspecified atom stereocenters. The second-order valence-electron chi connectivity index (χ2n) is 10.0. The van der Waals surface area contributed by atoms with Gasteiger partial charge in [0, 0.05) is 35.8 Å². The van der Waals surface area contributed by atoms with E-state index < -0.39 is 15.7 Å². The molecule has 44 heavy (non-hydrogen) atoms. The molecular formula is C31H29FN6O5S. The second-order valence-corrected chi connectivity index (χ2v) is 12.3. The number of pyridine rings is 1. The summed E-state index contributed by atoms with van der Waals surface area (Å²) in [6.07, 6.45) is 3.08. The van der Waals surface area contributed by atoms with E-state index in [1.54, 1.807) is 47.0 Å². The number of fused-ring (bicyclic) bond motifs is 1. The van der Waals surface area contributed by atoms with Crippen LogP contribution < -0.4 is 20.7 Å². The first-order valence-corrected chi connectivity index (χ1v) is 15.5. The Bertz CT molecular complexity index is 1930. The monoisotopic (exact) mass is 616 g/mol. The van der Waals surface area contributed by atoms with E-state index in [0.29, 0.717) is 34.3 Å². The van der Waals surface area contributed by atoms with E-state index in [1.165, 1.54) is 19.2 Å². The summed E-state index contributed by atoms with van der Waals surface area (Å²) in [5.41, 5.74) is 4.59. The number of sulfone groups is 1. The predicted molar refractivity (Wildman–Crippen MR) is 165 cm³/mol. The van der Waals surface area contributed by atoms with E-state index in [2.05, 4.69) is 26.0 Å². The van der Waals surface area contributed by atoms with Gasteiger partial charge in [-0.15, -0.1) is 5.10 Å². The van der Waals surface area contributed by atoms with Gasteiger partial charge in [0.25, 0.3) is 5.91 Å². The Morgan fingerprint density at radius 2 is 1.68 bits per heavy atom. The summed E-state index contributed by atoms with van der Waals surface area (Å²) in [6, 6.07) is 21.7. The first-order chi connectivity index (χ1) is 21.1. The molecule has 0 aliphatic carbocycles. The van der Waals surface area contributed by atoms with Crippen molar-refractivity contribution in [3.8, 4) is 16.9 Å². The summed E-state index contributed by atoms with van der Waals surface area (Å²) in [4.78, 5) is 29.3. The molecule has 3 N–H and O–H groups in total. The van der Waals surface area contributed by atoms with Crippen LogP contribution in [0.25, 0.3) is 16.8 Å². The van der Waals surface area contributed by atoms with Crippen LogP contribution in [0.2, 0.25) is 0 Å². The second kappa shape index (κ2) is 12.9. The Morgan fingerprint density at radius 3 is 2.39 bits per heavy atom. The van der Waals surface area contributed by atoms with Gasteiger partial charge >= 0.3 is 0 Å². The lowest BCUT2D eigenvalue weighted by molar-refractivity contribution is -0.115. The van der Waals surface area contributed by atoms with Gasteiger partial charge in [-0.2, -0.15) is 4.98 Å². The number of halogens is 1. The van der Waals surface area contributed by atoms with E-state index in [0.717, 1.165) is 22.9 Å². The van der Waals surface area contributed by atoms with Gasteiger partial charge in [0.15, 0.2) is 5.65 Å². The number of rotatable bonds is 11. The van der Waals surface area contributed by atoms with Crippen LogP contribution in [0.5, 0.6) is 5.75 Å². The molecule has 0 spiro atoms. The summed E-state index contributed by atoms with van der Waals surface area (Å²) in [6.45, 7) is 0.00665. The Kier molecular flexibility index (Phi) is 8.86. The molecule has 0 atom stereocenters. The molecule has 0 aliphatic rings. The normalized spacial score (nSPS) is 11.2. The number of carbonyl (C=O) groups is 2. The van der Waals surface area contributed by atoms with Crippen molar-refractivity contribution in [2.75, 3.05) is 36.3 Å². The van der Waals surface area contributed by atoms with Crippen molar-refractivity contribution in [3.63, 3.8) is 0 Å². The molecule has 0 radical (unpaired) electrons. The molecule has 226 valence electrons. The lowest BCUT2D eigenvalue weighted by Crippen LogP contribution is -2.28. The van der Waals surface area contributed by atoms with Crippen molar-refractivity contribution in [1.29, 1.82) is 0 Å². The fourth-order valence-corrected chi connectivity index (χ4v) is 4.83. The van der Waals surface area contributed by atoms with Gasteiger partial charge in [-0.25, -0.2) is 17.3 Å². The number of carbonyl (C=O) groups excluding carboxylic acids is 2. The summed E-state index contributed by atoms with van der Waals surface area (Å²) >= 11 is 0. The third-order valence-electron chi connectivity index (χ3n) is 6.58. The molecule has 2 heterocycles. The van der Waals surface area contributed by atoms with Crippen LogP contribution in [0, 0.1) is 5.82 Å². The maximum Gasteiger partial charge on any atom is 0.251 e. The zero-order valence-corrected chi connectivity index (χ0v) is 24.7. The Hall–Kier alpha value is -5.30. The van der Waals surface area contributed by atoms with Crippen LogP contribution >= 0.6 is 0 Å². The van der Waals surface area contributed by atoms with Crippen LogP contribution in [0.4, 0.5) is 21.7 Å². The Balaban J connectivity index is 1.24. The van der Waals surface area contributed by atoms with Crippen LogP contribution in [-0.4, -0.2) is 60.5 Å². The summed E-state index contributed by atoms with van der Waals surface area (Å²) in [5, 5.41) is 13.1. The predicted octanol–water partition coefficient (Wildman–Crippen LogP) is 4.24. The highest BCUT2D eigenvalue weighted by molar-refractivity contribution is 7.90. The van der Waals surface area contributed by atoms with Gasteiger partial charge < -0.3 is 20.7 Å². The third kappa shape index (κ3) is 7.75. The number of amides is 2. The average Bonchev–Trinajstić information content (AvgIpc) is 3.40. The highest BCUT2D eigenvalue weighted by Crippen LogP contribution is 2.28. The average molecular weight is 617 g/mol. The van der Waals surface area contributed by atoms with E-state index in [-0.39, 0.29) is 30.4 Å². The minimum absolute atomic E-state index is 0.00665. The first kappa shape index (κ1) is 30.2. The molecule has 0 fully saturated rings. The molecule has 2 aromatic heterocycles. The Morgan fingerprint density at radius 1 is 0.955 bits per heavy atom. The highest BCUT2D eigenvalue weighted by Gasteiger charge is 2.14. The third-order valence-corrected chi connectivity index (χ3v) is 7.53. The molecular weight excluding hydrogens is 587 g/mol. The molecule has 0 aliphatic heterocycles. The summed E-state index contributed by atoms with van der Waals surface area (Å²) in [5.74, 6) is -0.429. The fourth-order valence-electron chi connectivity index (χ4n) is 4.35. The van der Waals surface area contributed by atoms with Crippen LogP contribution in [0.3, 0.4) is 0 Å². The molecule has 0 saturated heterocycles. The van der Waals surface area contributed by atoms with Gasteiger partial charge in [-0.1, -0.05) is 24.3 Å². The largest absolute Gasteiger partial charge is 0.495 e. The van der Waals surface area contributed by atoms with Crippen LogP contribution in [0.1, 0.15) is 15.9 Å². The fraction of sp³-hybridized carbons (Fsp3) is 0.161. The number of methoxy groups -OCH3 is 1. The number of anilines is 3. The quantitative estimate of drug-likeness (QED) is 0.200. The number of nitrogens with zero attached hydrogens (tertiary/aromatic N) is 3. The van der Waals surface area contributed by atoms with Crippen molar-refractivity contribution in [2.45, 2.75) is 6.42 Å². The lowest BCUT2D eigenvalue weighted by Gasteiger charge is -2.11. The molecule has 0 bridgehead atoms. The van der Waals surface area contributed by atoms with Gasteiger partial charge in [0.05, 0.1) is 25.0 Å². The number of benzene rings is 3. The van der Waals surface area contributed by atoms with E-state index in [9.17, 15) is 22.4 Å². The molecule has 13 heteroatoms. The maximum atomic E-state index is 13.1. The zero-order chi connectivity index (χ0) is 31.3. The highest BCUT2D eigenvalue weighted by atomic mass is 32.2. The van der Waals surface area contributed by atoms with Crippen molar-refractivity contribution >= 4 is 44.6 Å². The molecule has 5 aromatic rings. The minimum atomic E-state index is -3.19. The lowest BCUT2D eigenvalue weighted by atomic mass is 10.1. The maximum absolute atomic E-state index is 13.1. The van der Waals surface area contributed by atoms with Gasteiger partial charge in [0.2, 0.25) is 11.9 Å². The van der Waals surface area contributed by atoms with Crippen molar-refractivity contribution in [3.05, 3.63) is 102 Å². The van der Waals surface area contributed by atoms with E-state index in [1.807, 2.05) is 30.5 Å². The van der Waals surface area contributed by atoms with Gasteiger partial charge in [-0.05, 0) is 65.7 Å². The number of nitrogens with one attached hydrogen (secondary N) is 3. The van der Waals surface area contributed by atoms with Gasteiger partial charge in [0.1, 0.15) is 21.4 Å². The van der Waals surface area contributed by atoms with Gasteiger partial charge in [-0.3, -0.25) is 9.59 Å². The molecule has 11 nitrogen and oxygen atoms in total. The van der Waals surface area contributed by atoms with E-state index >= 15 is 0 Å². The number of hydrogen-bond donors (Lipinski definition) is 3. The smallest absolute Gasteiger partial charge is 0.251 e. The minimum Gasteiger partial charge on any atom is -0.495 e. The first-order valence-electron chi connectivity index (χ1n) is 13.5. The Labute approximate surface area is 253 Å². The molecule has 3 aromatic carbocycles. The molecule has 5 rings (SSSR count). The number of ether oxygens (including phenoxy) is 1. The molecule has 2 amide bonds. The topological polar surface area (TPSA) is 144 Å².